The van der Waals surface area contributed by atoms with Gasteiger partial charge in [-0.25, -0.2) is 4.98 Å². The van der Waals surface area contributed by atoms with E-state index in [0.29, 0.717) is 5.25 Å². The molecule has 3 N–H and O–H groups in total. The van der Waals surface area contributed by atoms with Crippen LogP contribution < -0.4 is 16.0 Å². The molecule has 1 aliphatic heterocycles. The molecule has 0 bridgehead atoms. The van der Waals surface area contributed by atoms with Gasteiger partial charge in [0, 0.05) is 31.1 Å². The molecule has 1 fully saturated rings. The highest BCUT2D eigenvalue weighted by Gasteiger charge is 2.14. The first kappa shape index (κ1) is 21.3. The molecule has 0 radical (unpaired) electrons. The number of anilines is 1. The Bertz CT molecular complexity index is 452. The monoisotopic (exact) mass is 463 g/mol. The van der Waals surface area contributed by atoms with E-state index < -0.39 is 0 Å². The van der Waals surface area contributed by atoms with Crippen molar-refractivity contribution < 1.29 is 0 Å². The maximum Gasteiger partial charge on any atom is 0.191 e. The third kappa shape index (κ3) is 8.96. The van der Waals surface area contributed by atoms with E-state index in [4.69, 9.17) is 4.99 Å². The van der Waals surface area contributed by atoms with Gasteiger partial charge in [0.25, 0.3) is 0 Å². The lowest BCUT2D eigenvalue weighted by Gasteiger charge is -2.12. The molecule has 0 saturated carbocycles. The molecule has 1 saturated heterocycles. The lowest BCUT2D eigenvalue weighted by Crippen LogP contribution is -2.38. The number of guanidine groups is 1. The van der Waals surface area contributed by atoms with Gasteiger partial charge < -0.3 is 16.0 Å². The van der Waals surface area contributed by atoms with Crippen LogP contribution in [0.4, 0.5) is 5.82 Å². The zero-order valence-electron chi connectivity index (χ0n) is 14.5. The van der Waals surface area contributed by atoms with Crippen molar-refractivity contribution >= 4 is 47.5 Å². The number of aromatic nitrogens is 1. The average Bonchev–Trinajstić information content (AvgIpc) is 3.10. The average molecular weight is 463 g/mol. The fraction of sp³-hybridized carbons (Fsp3) is 0.647. The fourth-order valence-corrected chi connectivity index (χ4v) is 3.64. The van der Waals surface area contributed by atoms with Crippen LogP contribution in [-0.2, 0) is 0 Å². The number of pyridine rings is 1. The Morgan fingerprint density at radius 2 is 2.17 bits per heavy atom. The summed E-state index contributed by atoms with van der Waals surface area (Å²) >= 11 is 2.06. The number of halogens is 1. The van der Waals surface area contributed by atoms with E-state index in [0.717, 1.165) is 50.8 Å². The van der Waals surface area contributed by atoms with E-state index in [9.17, 15) is 0 Å². The van der Waals surface area contributed by atoms with Crippen LogP contribution in [0.25, 0.3) is 0 Å². The van der Waals surface area contributed by atoms with Crippen LogP contribution in [0.3, 0.4) is 0 Å². The summed E-state index contributed by atoms with van der Waals surface area (Å²) in [5.41, 5.74) is 0. The molecule has 1 aromatic rings. The number of nitrogens with zero attached hydrogens (tertiary/aromatic N) is 2. The SMILES string of the molecule is CCNC(=NCC1CCCS1)NCCCCNc1ccccn1.I. The molecule has 0 aromatic carbocycles. The maximum absolute atomic E-state index is 4.71. The van der Waals surface area contributed by atoms with Crippen molar-refractivity contribution in [2.75, 3.05) is 37.2 Å². The fourth-order valence-electron chi connectivity index (χ4n) is 2.46. The molecule has 1 atom stereocenters. The van der Waals surface area contributed by atoms with E-state index in [1.165, 1.54) is 18.6 Å². The predicted octanol–water partition coefficient (Wildman–Crippen LogP) is 3.34. The van der Waals surface area contributed by atoms with Crippen LogP contribution >= 0.6 is 35.7 Å². The first-order valence-corrected chi connectivity index (χ1v) is 9.72. The molecule has 2 heterocycles. The Hall–Kier alpha value is -0.700. The molecule has 0 aliphatic carbocycles. The number of aliphatic imine (C=N–C) groups is 1. The van der Waals surface area contributed by atoms with Gasteiger partial charge in [-0.2, -0.15) is 11.8 Å². The zero-order valence-corrected chi connectivity index (χ0v) is 17.6. The smallest absolute Gasteiger partial charge is 0.191 e. The summed E-state index contributed by atoms with van der Waals surface area (Å²) in [6.45, 7) is 5.85. The van der Waals surface area contributed by atoms with Gasteiger partial charge in [-0.3, -0.25) is 4.99 Å². The van der Waals surface area contributed by atoms with Crippen LogP contribution in [0.15, 0.2) is 29.4 Å². The van der Waals surface area contributed by atoms with Crippen LogP contribution in [0, 0.1) is 0 Å². The van der Waals surface area contributed by atoms with Crippen LogP contribution in [0.2, 0.25) is 0 Å². The van der Waals surface area contributed by atoms with Gasteiger partial charge in [-0.1, -0.05) is 6.07 Å². The second-order valence-electron chi connectivity index (χ2n) is 5.63. The summed E-state index contributed by atoms with van der Waals surface area (Å²) < 4.78 is 0. The third-order valence-electron chi connectivity index (χ3n) is 3.69. The van der Waals surface area contributed by atoms with Gasteiger partial charge >= 0.3 is 0 Å². The molecule has 0 spiro atoms. The quantitative estimate of drug-likeness (QED) is 0.227. The molecule has 1 aliphatic rings. The molecule has 0 amide bonds. The maximum atomic E-state index is 4.71. The van der Waals surface area contributed by atoms with Crippen LogP contribution in [-0.4, -0.2) is 48.1 Å². The molecule has 136 valence electrons. The summed E-state index contributed by atoms with van der Waals surface area (Å²) in [6, 6.07) is 5.93. The first-order valence-electron chi connectivity index (χ1n) is 8.67. The molecular formula is C17H30IN5S. The van der Waals surface area contributed by atoms with Crippen LogP contribution in [0.1, 0.15) is 32.6 Å². The Kier molecular flexibility index (Phi) is 12.1. The van der Waals surface area contributed by atoms with Gasteiger partial charge in [0.05, 0.1) is 6.54 Å². The predicted molar refractivity (Wildman–Crippen MR) is 117 cm³/mol. The van der Waals surface area contributed by atoms with Crippen molar-refractivity contribution in [1.82, 2.24) is 15.6 Å². The minimum atomic E-state index is 0. The highest BCUT2D eigenvalue weighted by molar-refractivity contribution is 14.0. The number of hydrogen-bond donors (Lipinski definition) is 3. The number of rotatable bonds is 9. The zero-order chi connectivity index (χ0) is 16.2. The lowest BCUT2D eigenvalue weighted by atomic mass is 10.2. The second-order valence-corrected chi connectivity index (χ2v) is 7.04. The normalized spacial score (nSPS) is 17.2. The molecule has 24 heavy (non-hydrogen) atoms. The largest absolute Gasteiger partial charge is 0.370 e. The van der Waals surface area contributed by atoms with E-state index in [1.807, 2.05) is 24.4 Å². The molecular weight excluding hydrogens is 433 g/mol. The summed E-state index contributed by atoms with van der Waals surface area (Å²) in [5, 5.41) is 10.8. The Balaban J connectivity index is 0.00000288. The highest BCUT2D eigenvalue weighted by Crippen LogP contribution is 2.25. The minimum absolute atomic E-state index is 0. The van der Waals surface area contributed by atoms with Gasteiger partial charge in [-0.15, -0.1) is 24.0 Å². The van der Waals surface area contributed by atoms with Gasteiger partial charge in [0.15, 0.2) is 5.96 Å². The van der Waals surface area contributed by atoms with Crippen LogP contribution in [0.5, 0.6) is 0 Å². The Morgan fingerprint density at radius 3 is 2.88 bits per heavy atom. The summed E-state index contributed by atoms with van der Waals surface area (Å²) in [7, 11) is 0. The topological polar surface area (TPSA) is 61.3 Å². The standard InChI is InChI=1S/C17H29N5S.HI/c1-2-18-17(22-14-15-8-7-13-23-15)21-12-6-5-11-20-16-9-3-4-10-19-16;/h3-4,9-10,15H,2,5-8,11-14H2,1H3,(H,19,20)(H2,18,21,22);1H. The van der Waals surface area contributed by atoms with Gasteiger partial charge in [0.1, 0.15) is 5.82 Å². The van der Waals surface area contributed by atoms with E-state index in [2.05, 4.69) is 39.6 Å². The lowest BCUT2D eigenvalue weighted by molar-refractivity contribution is 0.708. The Morgan fingerprint density at radius 1 is 1.29 bits per heavy atom. The van der Waals surface area contributed by atoms with Crippen molar-refractivity contribution in [2.45, 2.75) is 37.9 Å². The molecule has 5 nitrogen and oxygen atoms in total. The number of hydrogen-bond acceptors (Lipinski definition) is 4. The van der Waals surface area contributed by atoms with Gasteiger partial charge in [0.2, 0.25) is 0 Å². The van der Waals surface area contributed by atoms with Crippen molar-refractivity contribution in [3.05, 3.63) is 24.4 Å². The first-order chi connectivity index (χ1) is 11.4. The van der Waals surface area contributed by atoms with Crippen molar-refractivity contribution in [2.24, 2.45) is 4.99 Å². The summed E-state index contributed by atoms with van der Waals surface area (Å²) in [6.07, 6.45) is 6.69. The molecule has 1 unspecified atom stereocenters. The number of nitrogens with one attached hydrogen (secondary N) is 3. The van der Waals surface area contributed by atoms with Gasteiger partial charge in [-0.05, 0) is 50.5 Å². The third-order valence-corrected chi connectivity index (χ3v) is 5.07. The van der Waals surface area contributed by atoms with Crippen molar-refractivity contribution in [3.8, 4) is 0 Å². The van der Waals surface area contributed by atoms with E-state index >= 15 is 0 Å². The number of unbranched alkanes of at least 4 members (excludes halogenated alkanes) is 1. The second kappa shape index (κ2) is 13.6. The highest BCUT2D eigenvalue weighted by atomic mass is 127. The Labute approximate surface area is 167 Å². The van der Waals surface area contributed by atoms with E-state index in [1.54, 1.807) is 0 Å². The summed E-state index contributed by atoms with van der Waals surface area (Å²) in [4.78, 5) is 8.96. The molecule has 7 heteroatoms. The van der Waals surface area contributed by atoms with Crippen molar-refractivity contribution in [3.63, 3.8) is 0 Å². The minimum Gasteiger partial charge on any atom is -0.370 e. The molecule has 2 rings (SSSR count). The summed E-state index contributed by atoms with van der Waals surface area (Å²) in [5.74, 6) is 3.20. The molecule has 1 aromatic heterocycles. The van der Waals surface area contributed by atoms with E-state index in [-0.39, 0.29) is 24.0 Å². The van der Waals surface area contributed by atoms with Crippen molar-refractivity contribution in [1.29, 1.82) is 0 Å². The number of thioether (sulfide) groups is 1.